The first-order valence-electron chi connectivity index (χ1n) is 10.5. The fourth-order valence-electron chi connectivity index (χ4n) is 4.45. The molecule has 1 unspecified atom stereocenters. The second-order valence-corrected chi connectivity index (χ2v) is 8.79. The maximum absolute atomic E-state index is 13.2. The van der Waals surface area contributed by atoms with Crippen LogP contribution in [0.4, 0.5) is 10.6 Å². The van der Waals surface area contributed by atoms with Crippen LogP contribution in [0.2, 0.25) is 0 Å². The molecule has 2 aromatic rings. The number of H-pyrrole nitrogens is 1. The number of anilines is 1. The molecule has 1 aromatic heterocycles. The number of amides is 2. The molecule has 0 bridgehead atoms. The van der Waals surface area contributed by atoms with Crippen LogP contribution in [0.15, 0.2) is 54.8 Å². The first-order chi connectivity index (χ1) is 14.9. The summed E-state index contributed by atoms with van der Waals surface area (Å²) in [5.41, 5.74) is 1.42. The Hall–Kier alpha value is -3.73. The van der Waals surface area contributed by atoms with E-state index in [9.17, 15) is 10.1 Å². The number of benzene rings is 1. The van der Waals surface area contributed by atoms with Crippen molar-refractivity contribution in [1.82, 2.24) is 25.7 Å². The molecule has 1 aliphatic carbocycles. The average molecular weight is 416 g/mol. The first-order valence-corrected chi connectivity index (χ1v) is 10.5. The second kappa shape index (κ2) is 6.91. The molecule has 0 radical (unpaired) electrons. The van der Waals surface area contributed by atoms with Gasteiger partial charge in [-0.2, -0.15) is 10.4 Å². The molecule has 8 nitrogen and oxygen atoms in total. The molecule has 3 heterocycles. The molecule has 0 spiro atoms. The SMILES string of the molecule is CC1(C)c2[nH]nc(NC3(C#N)C=CC=CN3)c2CN1C(=O)N[C@@H]1C[C@H]1c1ccccc1. The van der Waals surface area contributed by atoms with Crippen molar-refractivity contribution in [1.29, 1.82) is 5.26 Å². The van der Waals surface area contributed by atoms with Gasteiger partial charge in [0.1, 0.15) is 6.07 Å². The normalized spacial score (nSPS) is 27.2. The monoisotopic (exact) mass is 415 g/mol. The highest BCUT2D eigenvalue weighted by Crippen LogP contribution is 2.43. The zero-order chi connectivity index (χ0) is 21.6. The van der Waals surface area contributed by atoms with E-state index < -0.39 is 11.2 Å². The molecule has 1 saturated carbocycles. The lowest BCUT2D eigenvalue weighted by Gasteiger charge is -2.32. The Labute approximate surface area is 181 Å². The average Bonchev–Trinajstić information content (AvgIpc) is 3.34. The van der Waals surface area contributed by atoms with Crippen molar-refractivity contribution in [2.24, 2.45) is 0 Å². The smallest absolute Gasteiger partial charge is 0.318 e. The summed E-state index contributed by atoms with van der Waals surface area (Å²) >= 11 is 0. The van der Waals surface area contributed by atoms with Gasteiger partial charge in [0.25, 0.3) is 0 Å². The summed E-state index contributed by atoms with van der Waals surface area (Å²) < 4.78 is 0. The Balaban J connectivity index is 1.31. The summed E-state index contributed by atoms with van der Waals surface area (Å²) in [5, 5.41) is 26.6. The number of allylic oxidation sites excluding steroid dienone is 2. The zero-order valence-electron chi connectivity index (χ0n) is 17.5. The predicted molar refractivity (Wildman–Crippen MR) is 117 cm³/mol. The van der Waals surface area contributed by atoms with E-state index in [0.717, 1.165) is 17.7 Å². The third-order valence-electron chi connectivity index (χ3n) is 6.40. The van der Waals surface area contributed by atoms with Crippen LogP contribution in [-0.2, 0) is 12.1 Å². The van der Waals surface area contributed by atoms with Crippen molar-refractivity contribution in [3.05, 3.63) is 71.6 Å². The van der Waals surface area contributed by atoms with E-state index in [4.69, 9.17) is 0 Å². The van der Waals surface area contributed by atoms with E-state index >= 15 is 0 Å². The summed E-state index contributed by atoms with van der Waals surface area (Å²) in [6.07, 6.45) is 8.05. The largest absolute Gasteiger partial charge is 0.354 e. The summed E-state index contributed by atoms with van der Waals surface area (Å²) in [5.74, 6) is 0.946. The number of hydrogen-bond acceptors (Lipinski definition) is 5. The summed E-state index contributed by atoms with van der Waals surface area (Å²) in [7, 11) is 0. The number of fused-ring (bicyclic) bond motifs is 1. The number of aromatic nitrogens is 2. The second-order valence-electron chi connectivity index (χ2n) is 8.79. The van der Waals surface area contributed by atoms with Gasteiger partial charge in [0.05, 0.1) is 17.8 Å². The van der Waals surface area contributed by atoms with E-state index in [0.29, 0.717) is 18.3 Å². The van der Waals surface area contributed by atoms with Crippen molar-refractivity contribution in [3.8, 4) is 6.07 Å². The molecule has 2 amide bonds. The molecule has 1 fully saturated rings. The van der Waals surface area contributed by atoms with Gasteiger partial charge in [-0.1, -0.05) is 36.4 Å². The molecule has 31 heavy (non-hydrogen) atoms. The minimum atomic E-state index is -1.07. The molecule has 158 valence electrons. The molecule has 3 atom stereocenters. The Bertz CT molecular complexity index is 1110. The van der Waals surface area contributed by atoms with Gasteiger partial charge in [0, 0.05) is 17.5 Å². The minimum Gasteiger partial charge on any atom is -0.354 e. The fourth-order valence-corrected chi connectivity index (χ4v) is 4.45. The highest BCUT2D eigenvalue weighted by Gasteiger charge is 2.47. The van der Waals surface area contributed by atoms with Crippen molar-refractivity contribution < 1.29 is 4.79 Å². The van der Waals surface area contributed by atoms with E-state index in [1.807, 2.05) is 49.1 Å². The number of urea groups is 1. The summed E-state index contributed by atoms with van der Waals surface area (Å²) in [6.45, 7) is 4.42. The Morgan fingerprint density at radius 1 is 1.29 bits per heavy atom. The van der Waals surface area contributed by atoms with Gasteiger partial charge in [-0.25, -0.2) is 4.79 Å². The summed E-state index contributed by atoms with van der Waals surface area (Å²) in [6, 6.07) is 12.6. The number of carbonyl (C=O) groups excluding carboxylic acids is 1. The van der Waals surface area contributed by atoms with Crippen LogP contribution in [-0.4, -0.2) is 32.8 Å². The van der Waals surface area contributed by atoms with Crippen LogP contribution in [0, 0.1) is 11.3 Å². The van der Waals surface area contributed by atoms with Crippen LogP contribution in [0.25, 0.3) is 0 Å². The van der Waals surface area contributed by atoms with Gasteiger partial charge in [0.2, 0.25) is 5.66 Å². The Kier molecular flexibility index (Phi) is 4.29. The van der Waals surface area contributed by atoms with Gasteiger partial charge in [-0.05, 0) is 44.2 Å². The lowest BCUT2D eigenvalue weighted by atomic mass is 10.0. The number of hydrogen-bond donors (Lipinski definition) is 4. The number of nitrogens with one attached hydrogen (secondary N) is 4. The zero-order valence-corrected chi connectivity index (χ0v) is 17.5. The maximum atomic E-state index is 13.2. The van der Waals surface area contributed by atoms with E-state index in [-0.39, 0.29) is 12.1 Å². The number of nitrogens with zero attached hydrogens (tertiary/aromatic N) is 3. The fraction of sp³-hybridized carbons (Fsp3) is 0.348. The third-order valence-corrected chi connectivity index (χ3v) is 6.40. The Morgan fingerprint density at radius 2 is 2.10 bits per heavy atom. The Morgan fingerprint density at radius 3 is 2.81 bits per heavy atom. The van der Waals surface area contributed by atoms with Crippen LogP contribution in [0.5, 0.6) is 0 Å². The van der Waals surface area contributed by atoms with Gasteiger partial charge < -0.3 is 20.9 Å². The van der Waals surface area contributed by atoms with Gasteiger partial charge >= 0.3 is 6.03 Å². The van der Waals surface area contributed by atoms with Crippen LogP contribution in [0.1, 0.15) is 43.0 Å². The van der Waals surface area contributed by atoms with Gasteiger partial charge in [-0.3, -0.25) is 5.10 Å². The number of carbonyl (C=O) groups is 1. The lowest BCUT2D eigenvalue weighted by molar-refractivity contribution is 0.142. The van der Waals surface area contributed by atoms with Crippen LogP contribution >= 0.6 is 0 Å². The molecule has 5 rings (SSSR count). The van der Waals surface area contributed by atoms with Crippen LogP contribution < -0.4 is 16.0 Å². The standard InChI is InChI=1S/C23H25N7O/c1-22(2)19-17(20(29-28-19)27-23(14-24)10-6-7-11-25-23)13-30(22)21(31)26-18-12-16(18)15-8-4-3-5-9-15/h3-11,16,18,25H,12-13H2,1-2H3,(H,26,31)(H2,27,28,29)/t16-,18+,23?/m0/s1. The first kappa shape index (κ1) is 19.2. The molecular weight excluding hydrogens is 390 g/mol. The molecule has 1 aromatic carbocycles. The third kappa shape index (κ3) is 3.22. The highest BCUT2D eigenvalue weighted by atomic mass is 16.2. The lowest BCUT2D eigenvalue weighted by Crippen LogP contribution is -2.48. The molecule has 2 aliphatic heterocycles. The number of rotatable bonds is 4. The van der Waals surface area contributed by atoms with Crippen LogP contribution in [0.3, 0.4) is 0 Å². The topological polar surface area (TPSA) is 109 Å². The number of nitriles is 1. The van der Waals surface area contributed by atoms with Crippen molar-refractivity contribution in [3.63, 3.8) is 0 Å². The van der Waals surface area contributed by atoms with Crippen molar-refractivity contribution in [2.75, 3.05) is 5.32 Å². The quantitative estimate of drug-likeness (QED) is 0.614. The molecule has 8 heteroatoms. The molecule has 4 N–H and O–H groups in total. The van der Waals surface area contributed by atoms with E-state index in [2.05, 4.69) is 44.3 Å². The number of aromatic amines is 1. The summed E-state index contributed by atoms with van der Waals surface area (Å²) in [4.78, 5) is 15.0. The molecular formula is C23H25N7O. The molecule has 3 aliphatic rings. The minimum absolute atomic E-state index is 0.0856. The van der Waals surface area contributed by atoms with E-state index in [1.165, 1.54) is 5.56 Å². The van der Waals surface area contributed by atoms with Gasteiger partial charge in [0.15, 0.2) is 5.82 Å². The predicted octanol–water partition coefficient (Wildman–Crippen LogP) is 3.03. The maximum Gasteiger partial charge on any atom is 0.318 e. The van der Waals surface area contributed by atoms with Crippen molar-refractivity contribution in [2.45, 2.75) is 50.0 Å². The van der Waals surface area contributed by atoms with Crippen molar-refractivity contribution >= 4 is 11.8 Å². The number of dihydropyridines is 1. The van der Waals surface area contributed by atoms with Gasteiger partial charge in [-0.15, -0.1) is 0 Å². The highest BCUT2D eigenvalue weighted by molar-refractivity contribution is 5.78. The van der Waals surface area contributed by atoms with E-state index in [1.54, 1.807) is 12.3 Å². The molecule has 0 saturated heterocycles.